The van der Waals surface area contributed by atoms with E-state index in [-0.39, 0.29) is 0 Å². The first-order chi connectivity index (χ1) is 12.1. The average Bonchev–Trinajstić information content (AvgIpc) is 3.00. The van der Waals surface area contributed by atoms with Gasteiger partial charge >= 0.3 is 0 Å². The standard InChI is InChI=1S/C19H28ClN5/c1-4-21-19(24(3)15-17-7-9-18(20)10-8-17)23-11-5-6-13-25-14-12-22-16(25)2/h7-10,12,14H,4-6,11,13,15H2,1-3H3,(H,21,23). The quantitative estimate of drug-likeness (QED) is 0.442. The molecule has 1 heterocycles. The number of nitrogens with zero attached hydrogens (tertiary/aromatic N) is 4. The van der Waals surface area contributed by atoms with Gasteiger partial charge in [0.25, 0.3) is 0 Å². The topological polar surface area (TPSA) is 45.5 Å². The van der Waals surface area contributed by atoms with Crippen LogP contribution in [-0.2, 0) is 13.1 Å². The highest BCUT2D eigenvalue weighted by Crippen LogP contribution is 2.11. The number of hydrogen-bond donors (Lipinski definition) is 1. The molecule has 2 aromatic rings. The van der Waals surface area contributed by atoms with E-state index in [1.165, 1.54) is 5.56 Å². The third-order valence-electron chi connectivity index (χ3n) is 4.02. The molecule has 25 heavy (non-hydrogen) atoms. The lowest BCUT2D eigenvalue weighted by Gasteiger charge is -2.22. The number of unbranched alkanes of at least 4 members (excludes halogenated alkanes) is 1. The largest absolute Gasteiger partial charge is 0.357 e. The normalized spacial score (nSPS) is 11.6. The van der Waals surface area contributed by atoms with Crippen molar-refractivity contribution in [1.82, 2.24) is 19.8 Å². The van der Waals surface area contributed by atoms with Crippen LogP contribution in [0.2, 0.25) is 5.02 Å². The van der Waals surface area contributed by atoms with E-state index in [0.717, 1.165) is 55.8 Å². The number of aliphatic imine (C=N–C) groups is 1. The van der Waals surface area contributed by atoms with Gasteiger partial charge in [-0.05, 0) is 44.4 Å². The van der Waals surface area contributed by atoms with Crippen molar-refractivity contribution in [2.45, 2.75) is 39.8 Å². The predicted molar refractivity (Wildman–Crippen MR) is 105 cm³/mol. The molecular formula is C19H28ClN5. The molecule has 0 radical (unpaired) electrons. The van der Waals surface area contributed by atoms with Crippen molar-refractivity contribution in [3.63, 3.8) is 0 Å². The summed E-state index contributed by atoms with van der Waals surface area (Å²) >= 11 is 5.95. The van der Waals surface area contributed by atoms with E-state index in [1.54, 1.807) is 0 Å². The van der Waals surface area contributed by atoms with Gasteiger partial charge < -0.3 is 14.8 Å². The number of nitrogens with one attached hydrogen (secondary N) is 1. The summed E-state index contributed by atoms with van der Waals surface area (Å²) in [6.07, 6.45) is 6.04. The van der Waals surface area contributed by atoms with Crippen LogP contribution in [-0.4, -0.2) is 40.5 Å². The van der Waals surface area contributed by atoms with Crippen molar-refractivity contribution < 1.29 is 0 Å². The molecule has 0 bridgehead atoms. The zero-order valence-electron chi connectivity index (χ0n) is 15.4. The fourth-order valence-corrected chi connectivity index (χ4v) is 2.75. The van der Waals surface area contributed by atoms with Crippen molar-refractivity contribution >= 4 is 17.6 Å². The minimum Gasteiger partial charge on any atom is -0.357 e. The van der Waals surface area contributed by atoms with Crippen molar-refractivity contribution in [3.8, 4) is 0 Å². The summed E-state index contributed by atoms with van der Waals surface area (Å²) in [5.41, 5.74) is 1.22. The Bertz CT molecular complexity index is 663. The second-order valence-electron chi connectivity index (χ2n) is 6.09. The monoisotopic (exact) mass is 361 g/mol. The molecule has 0 unspecified atom stereocenters. The smallest absolute Gasteiger partial charge is 0.193 e. The fourth-order valence-electron chi connectivity index (χ4n) is 2.63. The van der Waals surface area contributed by atoms with E-state index in [2.05, 4.69) is 45.9 Å². The van der Waals surface area contributed by atoms with Crippen LogP contribution >= 0.6 is 11.6 Å². The molecule has 0 amide bonds. The zero-order chi connectivity index (χ0) is 18.1. The number of aromatic nitrogens is 2. The van der Waals surface area contributed by atoms with Gasteiger partial charge in [0.15, 0.2) is 5.96 Å². The first kappa shape index (κ1) is 19.3. The van der Waals surface area contributed by atoms with Crippen LogP contribution in [0.25, 0.3) is 0 Å². The van der Waals surface area contributed by atoms with Gasteiger partial charge in [-0.1, -0.05) is 23.7 Å². The maximum Gasteiger partial charge on any atom is 0.193 e. The predicted octanol–water partition coefficient (Wildman–Crippen LogP) is 3.72. The van der Waals surface area contributed by atoms with Gasteiger partial charge in [-0.15, -0.1) is 0 Å². The number of benzene rings is 1. The van der Waals surface area contributed by atoms with Crippen molar-refractivity contribution in [1.29, 1.82) is 0 Å². The van der Waals surface area contributed by atoms with E-state index in [0.29, 0.717) is 0 Å². The molecule has 0 spiro atoms. The van der Waals surface area contributed by atoms with Gasteiger partial charge in [-0.25, -0.2) is 4.98 Å². The first-order valence-electron chi connectivity index (χ1n) is 8.81. The number of rotatable bonds is 8. The number of guanidine groups is 1. The summed E-state index contributed by atoms with van der Waals surface area (Å²) in [5, 5.41) is 4.13. The van der Waals surface area contributed by atoms with Crippen LogP contribution in [0.1, 0.15) is 31.2 Å². The summed E-state index contributed by atoms with van der Waals surface area (Å²) in [6.45, 7) is 7.61. The molecule has 0 fully saturated rings. The Kier molecular flexibility index (Phi) is 7.79. The molecule has 1 aromatic heterocycles. The van der Waals surface area contributed by atoms with Gasteiger partial charge in [-0.3, -0.25) is 4.99 Å². The third-order valence-corrected chi connectivity index (χ3v) is 4.27. The summed E-state index contributed by atoms with van der Waals surface area (Å²) < 4.78 is 2.18. The second-order valence-corrected chi connectivity index (χ2v) is 6.53. The van der Waals surface area contributed by atoms with Crippen LogP contribution in [0.4, 0.5) is 0 Å². The lowest BCUT2D eigenvalue weighted by Crippen LogP contribution is -2.38. The molecule has 5 nitrogen and oxygen atoms in total. The van der Waals surface area contributed by atoms with Gasteiger partial charge in [-0.2, -0.15) is 0 Å². The van der Waals surface area contributed by atoms with Crippen LogP contribution in [0.3, 0.4) is 0 Å². The number of aryl methyl sites for hydroxylation is 2. The molecule has 0 atom stereocenters. The number of imidazole rings is 1. The lowest BCUT2D eigenvalue weighted by atomic mass is 10.2. The third kappa shape index (κ3) is 6.42. The Hall–Kier alpha value is -2.01. The van der Waals surface area contributed by atoms with Crippen LogP contribution in [0.15, 0.2) is 41.7 Å². The van der Waals surface area contributed by atoms with E-state index in [4.69, 9.17) is 16.6 Å². The van der Waals surface area contributed by atoms with Gasteiger partial charge in [0, 0.05) is 50.6 Å². The Labute approximate surface area is 155 Å². The summed E-state index contributed by atoms with van der Waals surface area (Å²) in [5.74, 6) is 2.01. The molecule has 1 aromatic carbocycles. The summed E-state index contributed by atoms with van der Waals surface area (Å²) in [6, 6.07) is 7.95. The highest BCUT2D eigenvalue weighted by Gasteiger charge is 2.06. The summed E-state index contributed by atoms with van der Waals surface area (Å²) in [4.78, 5) is 11.1. The Balaban J connectivity index is 1.82. The Morgan fingerprint density at radius 3 is 2.68 bits per heavy atom. The van der Waals surface area contributed by atoms with Gasteiger partial charge in [0.1, 0.15) is 5.82 Å². The molecule has 0 saturated heterocycles. The van der Waals surface area contributed by atoms with E-state index in [9.17, 15) is 0 Å². The molecule has 136 valence electrons. The molecule has 0 aliphatic heterocycles. The van der Waals surface area contributed by atoms with E-state index in [1.807, 2.05) is 31.5 Å². The van der Waals surface area contributed by atoms with Crippen molar-refractivity contribution in [2.75, 3.05) is 20.1 Å². The SMILES string of the molecule is CCNC(=NCCCCn1ccnc1C)N(C)Cc1ccc(Cl)cc1. The number of hydrogen-bond acceptors (Lipinski definition) is 2. The maximum atomic E-state index is 5.95. The maximum absolute atomic E-state index is 5.95. The minimum atomic E-state index is 0.764. The molecule has 1 N–H and O–H groups in total. The van der Waals surface area contributed by atoms with E-state index >= 15 is 0 Å². The van der Waals surface area contributed by atoms with Crippen molar-refractivity contribution in [2.24, 2.45) is 4.99 Å². The molecule has 2 rings (SSSR count). The first-order valence-corrected chi connectivity index (χ1v) is 9.19. The van der Waals surface area contributed by atoms with Crippen LogP contribution in [0.5, 0.6) is 0 Å². The molecule has 0 aliphatic rings. The zero-order valence-corrected chi connectivity index (χ0v) is 16.1. The highest BCUT2D eigenvalue weighted by atomic mass is 35.5. The number of halogens is 1. The van der Waals surface area contributed by atoms with E-state index < -0.39 is 0 Å². The van der Waals surface area contributed by atoms with Crippen LogP contribution in [0, 0.1) is 6.92 Å². The second kappa shape index (κ2) is 10.1. The van der Waals surface area contributed by atoms with Crippen LogP contribution < -0.4 is 5.32 Å². The minimum absolute atomic E-state index is 0.764. The fraction of sp³-hybridized carbons (Fsp3) is 0.474. The molecule has 6 heteroatoms. The average molecular weight is 362 g/mol. The van der Waals surface area contributed by atoms with Crippen molar-refractivity contribution in [3.05, 3.63) is 53.1 Å². The molecule has 0 aliphatic carbocycles. The van der Waals surface area contributed by atoms with Gasteiger partial charge in [0.05, 0.1) is 0 Å². The molecule has 0 saturated carbocycles. The summed E-state index contributed by atoms with van der Waals surface area (Å²) in [7, 11) is 2.06. The Morgan fingerprint density at radius 2 is 2.04 bits per heavy atom. The molecular weight excluding hydrogens is 334 g/mol. The highest BCUT2D eigenvalue weighted by molar-refractivity contribution is 6.30. The lowest BCUT2D eigenvalue weighted by molar-refractivity contribution is 0.475. The van der Waals surface area contributed by atoms with Gasteiger partial charge in [0.2, 0.25) is 0 Å². The Morgan fingerprint density at radius 1 is 1.28 bits per heavy atom.